The average Bonchev–Trinajstić information content (AvgIpc) is 2.59. The molecule has 1 aliphatic heterocycles. The van der Waals surface area contributed by atoms with Gasteiger partial charge in [0.2, 0.25) is 5.88 Å². The van der Waals surface area contributed by atoms with Crippen LogP contribution in [0.1, 0.15) is 25.3 Å². The second-order valence-electron chi connectivity index (χ2n) is 5.57. The van der Waals surface area contributed by atoms with Crippen molar-refractivity contribution in [2.24, 2.45) is 5.73 Å². The Bertz CT molecular complexity index is 884. The van der Waals surface area contributed by atoms with Gasteiger partial charge in [-0.25, -0.2) is 4.79 Å². The molecule has 1 unspecified atom stereocenters. The van der Waals surface area contributed by atoms with Crippen LogP contribution in [0.15, 0.2) is 41.0 Å². The van der Waals surface area contributed by atoms with Crippen LogP contribution in [0.2, 0.25) is 0 Å². The average molecular weight is 398 g/mol. The summed E-state index contributed by atoms with van der Waals surface area (Å²) in [4.78, 5) is 12.5. The summed E-state index contributed by atoms with van der Waals surface area (Å²) in [5, 5.41) is 9.53. The second kappa shape index (κ2) is 8.12. The van der Waals surface area contributed by atoms with Gasteiger partial charge in [0, 0.05) is 5.56 Å². The summed E-state index contributed by atoms with van der Waals surface area (Å²) in [6.45, 7) is 3.06. The van der Waals surface area contributed by atoms with Crippen molar-refractivity contribution in [2.75, 3.05) is 13.7 Å². The zero-order valence-electron chi connectivity index (χ0n) is 15.2. The van der Waals surface area contributed by atoms with Gasteiger partial charge in [-0.05, 0) is 32.0 Å². The number of hydrogen-bond acceptors (Lipinski definition) is 7. The number of esters is 1. The lowest BCUT2D eigenvalue weighted by molar-refractivity contribution is -0.274. The van der Waals surface area contributed by atoms with Crippen LogP contribution < -0.4 is 15.2 Å². The zero-order chi connectivity index (χ0) is 21.1. The van der Waals surface area contributed by atoms with Crippen LogP contribution in [0, 0.1) is 11.3 Å². The predicted octanol–water partition coefficient (Wildman–Crippen LogP) is 3.24. The number of ether oxygens (including phenoxy) is 4. The van der Waals surface area contributed by atoms with Gasteiger partial charge < -0.3 is 24.7 Å². The van der Waals surface area contributed by atoms with Crippen molar-refractivity contribution in [2.45, 2.75) is 26.1 Å². The fraction of sp³-hybridized carbons (Fsp3) is 0.333. The van der Waals surface area contributed by atoms with E-state index in [1.807, 2.05) is 6.07 Å². The van der Waals surface area contributed by atoms with Crippen molar-refractivity contribution in [3.05, 3.63) is 46.6 Å². The lowest BCUT2D eigenvalue weighted by Crippen LogP contribution is -2.26. The molecule has 1 aliphatic rings. The Labute approximate surface area is 158 Å². The number of alkyl halides is 3. The van der Waals surface area contributed by atoms with E-state index in [-0.39, 0.29) is 40.7 Å². The number of benzene rings is 1. The second-order valence-corrected chi connectivity index (χ2v) is 5.57. The largest absolute Gasteiger partial charge is 0.573 e. The number of nitrogens with two attached hydrogens (primary N) is 1. The molecule has 0 radical (unpaired) electrons. The fourth-order valence-corrected chi connectivity index (χ4v) is 2.80. The van der Waals surface area contributed by atoms with Crippen molar-refractivity contribution >= 4 is 5.97 Å². The third-order valence-electron chi connectivity index (χ3n) is 3.85. The normalized spacial score (nSPS) is 17.0. The van der Waals surface area contributed by atoms with Gasteiger partial charge in [0.15, 0.2) is 0 Å². The molecule has 1 aromatic carbocycles. The molecule has 0 spiro atoms. The van der Waals surface area contributed by atoms with Crippen LogP contribution in [0.5, 0.6) is 11.5 Å². The molecule has 0 saturated heterocycles. The number of nitriles is 1. The fourth-order valence-electron chi connectivity index (χ4n) is 2.80. The first kappa shape index (κ1) is 21.0. The van der Waals surface area contributed by atoms with Gasteiger partial charge in [-0.2, -0.15) is 5.26 Å². The van der Waals surface area contributed by atoms with Gasteiger partial charge in [0.25, 0.3) is 0 Å². The highest BCUT2D eigenvalue weighted by molar-refractivity contribution is 5.92. The van der Waals surface area contributed by atoms with Crippen LogP contribution in [0.3, 0.4) is 0 Å². The Hall–Kier alpha value is -3.35. The van der Waals surface area contributed by atoms with Crippen LogP contribution in [0.25, 0.3) is 0 Å². The van der Waals surface area contributed by atoms with Gasteiger partial charge >= 0.3 is 12.3 Å². The summed E-state index contributed by atoms with van der Waals surface area (Å²) >= 11 is 0. The lowest BCUT2D eigenvalue weighted by atomic mass is 9.82. The summed E-state index contributed by atoms with van der Waals surface area (Å²) < 4.78 is 57.3. The van der Waals surface area contributed by atoms with E-state index in [0.717, 1.165) is 12.1 Å². The molecule has 28 heavy (non-hydrogen) atoms. The van der Waals surface area contributed by atoms with E-state index in [0.29, 0.717) is 0 Å². The topological polar surface area (TPSA) is 104 Å². The molecular weight excluding hydrogens is 381 g/mol. The number of allylic oxidation sites excluding steroid dienone is 2. The summed E-state index contributed by atoms with van der Waals surface area (Å²) in [6.07, 6.45) is -4.93. The minimum Gasteiger partial charge on any atom is -0.496 e. The monoisotopic (exact) mass is 398 g/mol. The number of hydrogen-bond donors (Lipinski definition) is 1. The molecule has 0 amide bonds. The third kappa shape index (κ3) is 4.31. The van der Waals surface area contributed by atoms with Gasteiger partial charge in [0.05, 0.1) is 25.2 Å². The SMILES string of the molecule is CCOC(=O)C1=C(C)OC(N)=C(C#N)C1c1cc(OC(F)(F)F)ccc1OC. The highest BCUT2D eigenvalue weighted by Gasteiger charge is 2.39. The molecule has 7 nitrogen and oxygen atoms in total. The van der Waals surface area contributed by atoms with E-state index in [2.05, 4.69) is 4.74 Å². The highest BCUT2D eigenvalue weighted by Crippen LogP contribution is 2.44. The van der Waals surface area contributed by atoms with Crippen molar-refractivity contribution < 1.29 is 36.9 Å². The van der Waals surface area contributed by atoms with Crippen molar-refractivity contribution in [3.63, 3.8) is 0 Å². The number of nitrogens with zero attached hydrogens (tertiary/aromatic N) is 1. The Balaban J connectivity index is 2.71. The lowest BCUT2D eigenvalue weighted by Gasteiger charge is -2.28. The van der Waals surface area contributed by atoms with E-state index < -0.39 is 24.0 Å². The van der Waals surface area contributed by atoms with E-state index in [9.17, 15) is 23.2 Å². The van der Waals surface area contributed by atoms with Crippen LogP contribution in [-0.2, 0) is 14.3 Å². The quantitative estimate of drug-likeness (QED) is 0.760. The first-order chi connectivity index (χ1) is 13.1. The molecular formula is C18H17F3N2O5. The van der Waals surface area contributed by atoms with Crippen molar-refractivity contribution in [1.82, 2.24) is 0 Å². The van der Waals surface area contributed by atoms with Gasteiger partial charge in [0.1, 0.15) is 28.9 Å². The number of rotatable bonds is 5. The highest BCUT2D eigenvalue weighted by atomic mass is 19.4. The molecule has 0 saturated carbocycles. The Morgan fingerprint density at radius 1 is 1.39 bits per heavy atom. The molecule has 10 heteroatoms. The molecule has 0 aliphatic carbocycles. The number of carbonyl (C=O) groups excluding carboxylic acids is 1. The maximum absolute atomic E-state index is 12.6. The summed E-state index contributed by atoms with van der Waals surface area (Å²) in [7, 11) is 1.29. The smallest absolute Gasteiger partial charge is 0.496 e. The molecule has 1 aromatic rings. The first-order valence-corrected chi connectivity index (χ1v) is 8.02. The van der Waals surface area contributed by atoms with E-state index in [1.165, 1.54) is 20.1 Å². The maximum atomic E-state index is 12.6. The minimum atomic E-state index is -4.93. The molecule has 0 fully saturated rings. The molecule has 2 rings (SSSR count). The minimum absolute atomic E-state index is 0.0395. The molecule has 1 atom stereocenters. The molecule has 150 valence electrons. The van der Waals surface area contributed by atoms with Crippen LogP contribution in [0.4, 0.5) is 13.2 Å². The summed E-state index contributed by atoms with van der Waals surface area (Å²) in [5.74, 6) is -2.60. The third-order valence-corrected chi connectivity index (χ3v) is 3.85. The van der Waals surface area contributed by atoms with Crippen molar-refractivity contribution in [3.8, 4) is 17.6 Å². The standard InChI is InChI=1S/C18H17F3N2O5/c1-4-26-17(24)14-9(2)27-16(23)12(8-22)15(14)11-7-10(28-18(19,20)21)5-6-13(11)25-3/h5-7,15H,4,23H2,1-3H3. The van der Waals surface area contributed by atoms with Gasteiger partial charge in [-0.3, -0.25) is 0 Å². The Kier molecular flexibility index (Phi) is 6.08. The molecule has 0 bridgehead atoms. The molecule has 2 N–H and O–H groups in total. The Morgan fingerprint density at radius 2 is 2.07 bits per heavy atom. The van der Waals surface area contributed by atoms with Gasteiger partial charge in [-0.15, -0.1) is 13.2 Å². The van der Waals surface area contributed by atoms with Crippen LogP contribution >= 0.6 is 0 Å². The zero-order valence-corrected chi connectivity index (χ0v) is 15.2. The maximum Gasteiger partial charge on any atom is 0.573 e. The molecule has 1 heterocycles. The Morgan fingerprint density at radius 3 is 2.61 bits per heavy atom. The predicted molar refractivity (Wildman–Crippen MR) is 89.7 cm³/mol. The molecule has 0 aromatic heterocycles. The first-order valence-electron chi connectivity index (χ1n) is 8.02. The van der Waals surface area contributed by atoms with Crippen LogP contribution in [-0.4, -0.2) is 26.0 Å². The van der Waals surface area contributed by atoms with E-state index in [1.54, 1.807) is 6.92 Å². The van der Waals surface area contributed by atoms with Gasteiger partial charge in [-0.1, -0.05) is 0 Å². The van der Waals surface area contributed by atoms with Crippen molar-refractivity contribution in [1.29, 1.82) is 5.26 Å². The summed E-state index contributed by atoms with van der Waals surface area (Å²) in [6, 6.07) is 5.15. The van der Waals surface area contributed by atoms with E-state index >= 15 is 0 Å². The summed E-state index contributed by atoms with van der Waals surface area (Å²) in [5.41, 5.74) is 5.59. The van der Waals surface area contributed by atoms with E-state index in [4.69, 9.17) is 19.9 Å². The number of halogens is 3. The number of carbonyl (C=O) groups is 1. The number of methoxy groups -OCH3 is 1.